The number of nitrogens with zero attached hydrogens (tertiary/aromatic N) is 1. The van der Waals surface area contributed by atoms with E-state index in [0.717, 1.165) is 0 Å². The molecule has 7 heteroatoms. The molecule has 1 fully saturated rings. The number of H-pyrrole nitrogens is 1. The molecule has 4 nitrogen and oxygen atoms in total. The van der Waals surface area contributed by atoms with E-state index in [2.05, 4.69) is 10.2 Å². The summed E-state index contributed by atoms with van der Waals surface area (Å²) in [7, 11) is 0. The zero-order chi connectivity index (χ0) is 12.5. The molecule has 0 amide bonds. The van der Waals surface area contributed by atoms with Crippen molar-refractivity contribution in [2.24, 2.45) is 5.73 Å². The molecular formula is C10H14F3N3O. The predicted octanol–water partition coefficient (Wildman–Crippen LogP) is 1.78. The van der Waals surface area contributed by atoms with E-state index in [1.165, 1.54) is 0 Å². The van der Waals surface area contributed by atoms with Crippen LogP contribution in [-0.2, 0) is 17.5 Å². The minimum Gasteiger partial charge on any atom is -0.381 e. The fraction of sp³-hybridized carbons (Fsp3) is 0.700. The fourth-order valence-electron chi connectivity index (χ4n) is 2.14. The lowest BCUT2D eigenvalue weighted by Gasteiger charge is -2.21. The monoisotopic (exact) mass is 249 g/mol. The third kappa shape index (κ3) is 2.44. The van der Waals surface area contributed by atoms with Crippen LogP contribution in [0.15, 0.2) is 0 Å². The molecule has 0 atom stereocenters. The third-order valence-electron chi connectivity index (χ3n) is 3.00. The molecule has 2 rings (SSSR count). The van der Waals surface area contributed by atoms with E-state index in [1.54, 1.807) is 0 Å². The summed E-state index contributed by atoms with van der Waals surface area (Å²) in [6, 6.07) is 0. The van der Waals surface area contributed by atoms with Crippen LogP contribution in [0.3, 0.4) is 0 Å². The molecule has 0 bridgehead atoms. The smallest absolute Gasteiger partial charge is 0.381 e. The summed E-state index contributed by atoms with van der Waals surface area (Å²) in [5.41, 5.74) is 5.12. The Morgan fingerprint density at radius 3 is 2.53 bits per heavy atom. The van der Waals surface area contributed by atoms with Crippen molar-refractivity contribution in [1.82, 2.24) is 10.2 Å². The number of hydrogen-bond donors (Lipinski definition) is 2. The predicted molar refractivity (Wildman–Crippen MR) is 54.3 cm³/mol. The summed E-state index contributed by atoms with van der Waals surface area (Å²) in [4.78, 5) is 0. The number of aromatic amines is 1. The number of alkyl halides is 3. The van der Waals surface area contributed by atoms with Gasteiger partial charge in [0.25, 0.3) is 0 Å². The van der Waals surface area contributed by atoms with Gasteiger partial charge in [0.2, 0.25) is 0 Å². The molecule has 1 aromatic rings. The summed E-state index contributed by atoms with van der Waals surface area (Å²) in [5.74, 6) is 0.0332. The average Bonchev–Trinajstić information content (AvgIpc) is 2.73. The fourth-order valence-corrected chi connectivity index (χ4v) is 2.14. The molecule has 0 aromatic carbocycles. The SMILES string of the molecule is NCc1c(C(F)(F)F)n[nH]c1C1CCOCC1. The Morgan fingerprint density at radius 2 is 2.00 bits per heavy atom. The van der Waals surface area contributed by atoms with Crippen molar-refractivity contribution < 1.29 is 17.9 Å². The van der Waals surface area contributed by atoms with Gasteiger partial charge in [-0.3, -0.25) is 5.10 Å². The summed E-state index contributed by atoms with van der Waals surface area (Å²) < 4.78 is 43.1. The quantitative estimate of drug-likeness (QED) is 0.839. The topological polar surface area (TPSA) is 63.9 Å². The molecule has 17 heavy (non-hydrogen) atoms. The highest BCUT2D eigenvalue weighted by Crippen LogP contribution is 2.35. The summed E-state index contributed by atoms with van der Waals surface area (Å²) in [6.45, 7) is 0.974. The van der Waals surface area contributed by atoms with Crippen molar-refractivity contribution >= 4 is 0 Å². The lowest BCUT2D eigenvalue weighted by Crippen LogP contribution is -2.17. The Labute approximate surface area is 96.3 Å². The van der Waals surface area contributed by atoms with Gasteiger partial charge in [0, 0.05) is 36.9 Å². The second-order valence-corrected chi connectivity index (χ2v) is 4.05. The maximum Gasteiger partial charge on any atom is 0.435 e. The second-order valence-electron chi connectivity index (χ2n) is 4.05. The summed E-state index contributed by atoms with van der Waals surface area (Å²) >= 11 is 0. The van der Waals surface area contributed by atoms with Gasteiger partial charge in [-0.05, 0) is 12.8 Å². The van der Waals surface area contributed by atoms with Crippen LogP contribution in [0.5, 0.6) is 0 Å². The minimum atomic E-state index is -4.45. The maximum atomic E-state index is 12.7. The van der Waals surface area contributed by atoms with Gasteiger partial charge < -0.3 is 10.5 Å². The number of nitrogens with one attached hydrogen (secondary N) is 1. The third-order valence-corrected chi connectivity index (χ3v) is 3.00. The van der Waals surface area contributed by atoms with E-state index >= 15 is 0 Å². The van der Waals surface area contributed by atoms with Crippen LogP contribution in [0.1, 0.15) is 35.7 Å². The molecule has 0 spiro atoms. The molecule has 3 N–H and O–H groups in total. The molecular weight excluding hydrogens is 235 g/mol. The number of rotatable bonds is 2. The van der Waals surface area contributed by atoms with Gasteiger partial charge in [-0.1, -0.05) is 0 Å². The number of nitrogens with two attached hydrogens (primary N) is 1. The molecule has 1 aliphatic rings. The van der Waals surface area contributed by atoms with Crippen LogP contribution < -0.4 is 5.73 Å². The number of hydrogen-bond acceptors (Lipinski definition) is 3. The van der Waals surface area contributed by atoms with E-state index in [4.69, 9.17) is 10.5 Å². The summed E-state index contributed by atoms with van der Waals surface area (Å²) in [5, 5.41) is 5.86. The Bertz CT molecular complexity index is 383. The first-order chi connectivity index (χ1) is 8.04. The van der Waals surface area contributed by atoms with Crippen molar-refractivity contribution in [3.8, 4) is 0 Å². The van der Waals surface area contributed by atoms with Crippen molar-refractivity contribution in [3.63, 3.8) is 0 Å². The van der Waals surface area contributed by atoms with Gasteiger partial charge in [-0.25, -0.2) is 0 Å². The van der Waals surface area contributed by atoms with Gasteiger partial charge in [-0.2, -0.15) is 18.3 Å². The molecule has 0 radical (unpaired) electrons. The van der Waals surface area contributed by atoms with Gasteiger partial charge in [0.15, 0.2) is 5.69 Å². The lowest BCUT2D eigenvalue weighted by molar-refractivity contribution is -0.141. The highest BCUT2D eigenvalue weighted by atomic mass is 19.4. The zero-order valence-electron chi connectivity index (χ0n) is 9.18. The van der Waals surface area contributed by atoms with Crippen LogP contribution in [0.25, 0.3) is 0 Å². The Morgan fingerprint density at radius 1 is 1.35 bits per heavy atom. The van der Waals surface area contributed by atoms with Crippen molar-refractivity contribution in [1.29, 1.82) is 0 Å². The van der Waals surface area contributed by atoms with Crippen LogP contribution >= 0.6 is 0 Å². The minimum absolute atomic E-state index is 0.0332. The number of aromatic nitrogens is 2. The van der Waals surface area contributed by atoms with Crippen LogP contribution in [0, 0.1) is 0 Å². The lowest BCUT2D eigenvalue weighted by atomic mass is 9.93. The number of halogens is 3. The van der Waals surface area contributed by atoms with Crippen LogP contribution in [0.4, 0.5) is 13.2 Å². The molecule has 2 heterocycles. The molecule has 1 aromatic heterocycles. The maximum absolute atomic E-state index is 12.7. The van der Waals surface area contributed by atoms with Gasteiger partial charge in [0.05, 0.1) is 0 Å². The average molecular weight is 249 g/mol. The molecule has 1 saturated heterocycles. The van der Waals surface area contributed by atoms with E-state index in [1.807, 2.05) is 0 Å². The highest BCUT2D eigenvalue weighted by molar-refractivity contribution is 5.30. The first kappa shape index (κ1) is 12.4. The van der Waals surface area contributed by atoms with Gasteiger partial charge in [0.1, 0.15) is 0 Å². The van der Waals surface area contributed by atoms with Crippen molar-refractivity contribution in [2.75, 3.05) is 13.2 Å². The van der Waals surface area contributed by atoms with E-state index < -0.39 is 11.9 Å². The molecule has 0 saturated carbocycles. The Hall–Kier alpha value is -1.08. The van der Waals surface area contributed by atoms with E-state index in [0.29, 0.717) is 31.7 Å². The van der Waals surface area contributed by atoms with Crippen molar-refractivity contribution in [2.45, 2.75) is 31.5 Å². The van der Waals surface area contributed by atoms with Crippen molar-refractivity contribution in [3.05, 3.63) is 17.0 Å². The first-order valence-corrected chi connectivity index (χ1v) is 5.46. The van der Waals surface area contributed by atoms with Gasteiger partial charge in [-0.15, -0.1) is 0 Å². The standard InChI is InChI=1S/C10H14F3N3O/c11-10(12,13)9-7(5-14)8(15-16-9)6-1-3-17-4-2-6/h6H,1-5,14H2,(H,15,16). The Balaban J connectivity index is 2.31. The Kier molecular flexibility index (Phi) is 3.39. The van der Waals surface area contributed by atoms with Gasteiger partial charge >= 0.3 is 6.18 Å². The summed E-state index contributed by atoms with van der Waals surface area (Å²) in [6.07, 6.45) is -3.05. The highest BCUT2D eigenvalue weighted by Gasteiger charge is 2.38. The largest absolute Gasteiger partial charge is 0.435 e. The molecule has 0 unspecified atom stereocenters. The number of ether oxygens (including phenoxy) is 1. The van der Waals surface area contributed by atoms with Crippen LogP contribution in [0.2, 0.25) is 0 Å². The molecule has 1 aliphatic heterocycles. The van der Waals surface area contributed by atoms with E-state index in [-0.39, 0.29) is 18.0 Å². The first-order valence-electron chi connectivity index (χ1n) is 5.46. The van der Waals surface area contributed by atoms with Crippen LogP contribution in [-0.4, -0.2) is 23.4 Å². The zero-order valence-corrected chi connectivity index (χ0v) is 9.18. The van der Waals surface area contributed by atoms with E-state index in [9.17, 15) is 13.2 Å². The molecule has 96 valence electrons. The second kappa shape index (κ2) is 4.66. The molecule has 0 aliphatic carbocycles. The normalized spacial score (nSPS) is 18.6.